The van der Waals surface area contributed by atoms with Crippen LogP contribution in [0.3, 0.4) is 0 Å². The van der Waals surface area contributed by atoms with Gasteiger partial charge in [-0.1, -0.05) is 324 Å². The molecule has 6 heteroatoms. The monoisotopic (exact) mass is 989 g/mol. The fourth-order valence-electron chi connectivity index (χ4n) is 9.93. The van der Waals surface area contributed by atoms with Crippen LogP contribution in [0.4, 0.5) is 0 Å². The number of carbonyl (C=O) groups is 3. The van der Waals surface area contributed by atoms with E-state index in [0.717, 1.165) is 69.6 Å². The Morgan fingerprint density at radius 3 is 0.700 bits per heavy atom. The van der Waals surface area contributed by atoms with Crippen molar-refractivity contribution in [3.63, 3.8) is 0 Å². The van der Waals surface area contributed by atoms with Crippen LogP contribution >= 0.6 is 0 Å². The smallest absolute Gasteiger partial charge is 0.306 e. The summed E-state index contributed by atoms with van der Waals surface area (Å²) in [5.41, 5.74) is 0. The molecule has 0 N–H and O–H groups in total. The summed E-state index contributed by atoms with van der Waals surface area (Å²) in [6.45, 7) is 11.5. The predicted molar refractivity (Wildman–Crippen MR) is 303 cm³/mol. The second-order valence-corrected chi connectivity index (χ2v) is 23.0. The van der Waals surface area contributed by atoms with Crippen LogP contribution in [0.2, 0.25) is 0 Å². The third-order valence-corrected chi connectivity index (χ3v) is 14.7. The fourth-order valence-corrected chi connectivity index (χ4v) is 9.93. The van der Waals surface area contributed by atoms with Crippen molar-refractivity contribution in [2.24, 2.45) is 11.8 Å². The van der Waals surface area contributed by atoms with Crippen molar-refractivity contribution in [3.05, 3.63) is 0 Å². The average molecular weight is 990 g/mol. The van der Waals surface area contributed by atoms with Crippen LogP contribution in [0.15, 0.2) is 0 Å². The highest BCUT2D eigenvalue weighted by atomic mass is 16.6. The molecule has 0 bridgehead atoms. The summed E-state index contributed by atoms with van der Waals surface area (Å²) in [5, 5.41) is 0. The van der Waals surface area contributed by atoms with Gasteiger partial charge < -0.3 is 14.2 Å². The topological polar surface area (TPSA) is 78.9 Å². The minimum atomic E-state index is -0.763. The van der Waals surface area contributed by atoms with Gasteiger partial charge in [-0.3, -0.25) is 14.4 Å². The molecule has 1 atom stereocenters. The van der Waals surface area contributed by atoms with Gasteiger partial charge in [-0.2, -0.15) is 0 Å². The first-order valence-electron chi connectivity index (χ1n) is 31.7. The third-order valence-electron chi connectivity index (χ3n) is 14.7. The fraction of sp³-hybridized carbons (Fsp3) is 0.953. The van der Waals surface area contributed by atoms with E-state index in [1.165, 1.54) is 250 Å². The SMILES string of the molecule is CCCCCCCCCCCCCCCCC(=O)OC[C@H](COC(=O)CCCCCCCCCCCCCCCCCCC(C)C)OC(=O)CCCCCCCCCCCCCCCCCCC(C)C. The van der Waals surface area contributed by atoms with Crippen molar-refractivity contribution in [1.29, 1.82) is 0 Å². The molecule has 0 aromatic carbocycles. The van der Waals surface area contributed by atoms with E-state index in [1.807, 2.05) is 0 Å². The summed E-state index contributed by atoms with van der Waals surface area (Å²) < 4.78 is 17.0. The maximum atomic E-state index is 12.9. The van der Waals surface area contributed by atoms with Gasteiger partial charge in [0, 0.05) is 19.3 Å². The molecule has 0 spiro atoms. The van der Waals surface area contributed by atoms with Crippen LogP contribution < -0.4 is 0 Å². The minimum Gasteiger partial charge on any atom is -0.462 e. The summed E-state index contributed by atoms with van der Waals surface area (Å²) >= 11 is 0. The lowest BCUT2D eigenvalue weighted by molar-refractivity contribution is -0.167. The number of carbonyl (C=O) groups excluding carboxylic acids is 3. The molecule has 0 unspecified atom stereocenters. The van der Waals surface area contributed by atoms with Crippen LogP contribution in [0.5, 0.6) is 0 Å². The number of hydrogen-bond donors (Lipinski definition) is 0. The number of unbranched alkanes of at least 4 members (excludes halogenated alkanes) is 43. The van der Waals surface area contributed by atoms with Crippen LogP contribution in [0.1, 0.15) is 362 Å². The molecule has 6 nitrogen and oxygen atoms in total. The normalized spacial score (nSPS) is 12.0. The Labute approximate surface area is 438 Å². The van der Waals surface area contributed by atoms with Crippen LogP contribution in [-0.2, 0) is 28.6 Å². The van der Waals surface area contributed by atoms with E-state index >= 15 is 0 Å². The summed E-state index contributed by atoms with van der Waals surface area (Å²) in [6, 6.07) is 0. The number of esters is 3. The van der Waals surface area contributed by atoms with Crippen molar-refractivity contribution >= 4 is 17.9 Å². The van der Waals surface area contributed by atoms with Gasteiger partial charge >= 0.3 is 17.9 Å². The van der Waals surface area contributed by atoms with E-state index in [0.29, 0.717) is 19.3 Å². The molecular formula is C64H124O6. The van der Waals surface area contributed by atoms with Crippen molar-refractivity contribution in [2.45, 2.75) is 368 Å². The Morgan fingerprint density at radius 2 is 0.471 bits per heavy atom. The van der Waals surface area contributed by atoms with Crippen LogP contribution in [0.25, 0.3) is 0 Å². The highest BCUT2D eigenvalue weighted by Gasteiger charge is 2.19. The minimum absolute atomic E-state index is 0.0618. The predicted octanol–water partition coefficient (Wildman–Crippen LogP) is 21.2. The first-order chi connectivity index (χ1) is 34.2. The van der Waals surface area contributed by atoms with Gasteiger partial charge in [0.15, 0.2) is 6.10 Å². The van der Waals surface area contributed by atoms with Gasteiger partial charge in [-0.05, 0) is 31.1 Å². The Balaban J connectivity index is 4.27. The molecule has 0 aromatic heterocycles. The van der Waals surface area contributed by atoms with Crippen LogP contribution in [0, 0.1) is 11.8 Å². The highest BCUT2D eigenvalue weighted by molar-refractivity contribution is 5.71. The van der Waals surface area contributed by atoms with Crippen LogP contribution in [-0.4, -0.2) is 37.2 Å². The first-order valence-corrected chi connectivity index (χ1v) is 31.7. The van der Waals surface area contributed by atoms with Gasteiger partial charge in [0.05, 0.1) is 0 Å². The van der Waals surface area contributed by atoms with E-state index in [-0.39, 0.29) is 31.1 Å². The Morgan fingerprint density at radius 1 is 0.271 bits per heavy atom. The molecule has 0 aliphatic heterocycles. The molecule has 0 aliphatic rings. The zero-order chi connectivity index (χ0) is 51.1. The number of hydrogen-bond acceptors (Lipinski definition) is 6. The molecule has 0 heterocycles. The lowest BCUT2D eigenvalue weighted by Crippen LogP contribution is -2.30. The van der Waals surface area contributed by atoms with E-state index < -0.39 is 6.10 Å². The molecule has 416 valence electrons. The molecule has 0 aromatic rings. The van der Waals surface area contributed by atoms with Gasteiger partial charge in [0.25, 0.3) is 0 Å². The average Bonchev–Trinajstić information content (AvgIpc) is 3.33. The van der Waals surface area contributed by atoms with Crippen molar-refractivity contribution in [1.82, 2.24) is 0 Å². The summed E-state index contributed by atoms with van der Waals surface area (Å²) in [7, 11) is 0. The zero-order valence-corrected chi connectivity index (χ0v) is 48.2. The Hall–Kier alpha value is -1.59. The molecule has 0 rings (SSSR count). The molecule has 0 saturated heterocycles. The van der Waals surface area contributed by atoms with E-state index in [1.54, 1.807) is 0 Å². The van der Waals surface area contributed by atoms with Crippen molar-refractivity contribution in [2.75, 3.05) is 13.2 Å². The van der Waals surface area contributed by atoms with Gasteiger partial charge in [0.2, 0.25) is 0 Å². The van der Waals surface area contributed by atoms with Gasteiger partial charge in [0.1, 0.15) is 13.2 Å². The zero-order valence-electron chi connectivity index (χ0n) is 48.2. The Kier molecular flexibility index (Phi) is 55.4. The highest BCUT2D eigenvalue weighted by Crippen LogP contribution is 2.19. The number of ether oxygens (including phenoxy) is 3. The second kappa shape index (κ2) is 56.7. The summed E-state index contributed by atoms with van der Waals surface area (Å²) in [6.07, 6.45) is 62.4. The number of rotatable bonds is 58. The van der Waals surface area contributed by atoms with E-state index in [2.05, 4.69) is 34.6 Å². The first kappa shape index (κ1) is 68.4. The second-order valence-electron chi connectivity index (χ2n) is 23.0. The molecule has 0 amide bonds. The van der Waals surface area contributed by atoms with E-state index in [4.69, 9.17) is 14.2 Å². The lowest BCUT2D eigenvalue weighted by atomic mass is 10.0. The quantitative estimate of drug-likeness (QED) is 0.0343. The molecule has 70 heavy (non-hydrogen) atoms. The summed E-state index contributed by atoms with van der Waals surface area (Å²) in [4.78, 5) is 38.3. The maximum Gasteiger partial charge on any atom is 0.306 e. The van der Waals surface area contributed by atoms with Crippen molar-refractivity contribution < 1.29 is 28.6 Å². The van der Waals surface area contributed by atoms with Gasteiger partial charge in [-0.15, -0.1) is 0 Å². The standard InChI is InChI=1S/C64H124O6/c1-6-7-8-9-10-11-12-13-24-29-34-39-44-49-54-62(65)68-57-61(70-64(67)56-51-46-41-36-31-26-21-17-15-19-23-28-33-38-43-48-53-60(4)5)58-69-63(66)55-50-45-40-35-30-25-20-16-14-18-22-27-32-37-42-47-52-59(2)3/h59-61H,6-58H2,1-5H3/t61-/m1/s1. The molecule has 0 saturated carbocycles. The summed E-state index contributed by atoms with van der Waals surface area (Å²) in [5.74, 6) is 0.874. The van der Waals surface area contributed by atoms with Gasteiger partial charge in [-0.25, -0.2) is 0 Å². The van der Waals surface area contributed by atoms with Crippen molar-refractivity contribution in [3.8, 4) is 0 Å². The molecule has 0 fully saturated rings. The lowest BCUT2D eigenvalue weighted by Gasteiger charge is -2.18. The largest absolute Gasteiger partial charge is 0.462 e. The van der Waals surface area contributed by atoms with E-state index in [9.17, 15) is 14.4 Å². The molecule has 0 radical (unpaired) electrons. The molecule has 0 aliphatic carbocycles. The maximum absolute atomic E-state index is 12.9. The molecular weight excluding hydrogens is 865 g/mol. The third kappa shape index (κ3) is 57.3. The Bertz CT molecular complexity index is 1070.